The molecule has 284 valence electrons. The number of hydrogen-bond acceptors (Lipinski definition) is 2. The van der Waals surface area contributed by atoms with Crippen LogP contribution >= 0.6 is 0 Å². The van der Waals surface area contributed by atoms with E-state index in [4.69, 9.17) is 4.42 Å². The third-order valence-corrected chi connectivity index (χ3v) is 13.3. The van der Waals surface area contributed by atoms with Gasteiger partial charge in [0, 0.05) is 27.8 Å². The molecular weight excluding hydrogens is 739 g/mol. The molecule has 2 nitrogen and oxygen atoms in total. The number of rotatable bonds is 5. The number of hydrogen-bond donors (Lipinski definition) is 0. The molecule has 10 aromatic carbocycles. The van der Waals surface area contributed by atoms with E-state index in [1.54, 1.807) is 0 Å². The van der Waals surface area contributed by atoms with Crippen LogP contribution in [0.1, 0.15) is 22.3 Å². The highest BCUT2D eigenvalue weighted by Crippen LogP contribution is 2.64. The van der Waals surface area contributed by atoms with E-state index in [1.165, 1.54) is 72.0 Å². The second kappa shape index (κ2) is 13.0. The predicted molar refractivity (Wildman–Crippen MR) is 253 cm³/mol. The summed E-state index contributed by atoms with van der Waals surface area (Å²) in [5.41, 5.74) is 20.1. The lowest BCUT2D eigenvalue weighted by Gasteiger charge is -2.30. The van der Waals surface area contributed by atoms with E-state index in [0.717, 1.165) is 44.6 Å². The Morgan fingerprint density at radius 3 is 1.67 bits per heavy atom. The van der Waals surface area contributed by atoms with Gasteiger partial charge in [0.25, 0.3) is 0 Å². The van der Waals surface area contributed by atoms with E-state index >= 15 is 0 Å². The first-order chi connectivity index (χ1) is 30.3. The first-order valence-electron chi connectivity index (χ1n) is 21.1. The largest absolute Gasteiger partial charge is 0.456 e. The molecule has 2 aliphatic rings. The highest BCUT2D eigenvalue weighted by atomic mass is 16.3. The van der Waals surface area contributed by atoms with Crippen molar-refractivity contribution in [3.8, 4) is 44.5 Å². The standard InChI is InChI=1S/C59H37NO/c1-2-18-40(19-3-1)60(42-33-35-55-50(37-42)58-44-22-5-4-16-38(44)32-34-56(58)61-55)41-20-14-17-39(36-41)43-21-6-7-23-45(43)48-27-15-31-54-57(48)49-26-10-13-30-53(49)59(54)51-28-11-8-24-46(51)47-25-9-12-29-52(47)59/h1-37H. The monoisotopic (exact) mass is 775 g/mol. The Bertz CT molecular complexity index is 3510. The molecule has 13 rings (SSSR count). The van der Waals surface area contributed by atoms with Gasteiger partial charge in [-0.05, 0) is 126 Å². The lowest BCUT2D eigenvalue weighted by Crippen LogP contribution is -2.25. The van der Waals surface area contributed by atoms with Gasteiger partial charge in [-0.2, -0.15) is 0 Å². The van der Waals surface area contributed by atoms with Crippen LogP contribution in [0.2, 0.25) is 0 Å². The molecule has 0 saturated carbocycles. The fourth-order valence-electron chi connectivity index (χ4n) is 10.8. The van der Waals surface area contributed by atoms with Gasteiger partial charge in [-0.15, -0.1) is 0 Å². The first-order valence-corrected chi connectivity index (χ1v) is 21.1. The van der Waals surface area contributed by atoms with Gasteiger partial charge in [0.05, 0.1) is 5.41 Å². The predicted octanol–water partition coefficient (Wildman–Crippen LogP) is 15.9. The average molecular weight is 776 g/mol. The van der Waals surface area contributed by atoms with Crippen LogP contribution in [0.4, 0.5) is 17.1 Å². The molecule has 0 radical (unpaired) electrons. The highest BCUT2D eigenvalue weighted by Gasteiger charge is 2.52. The molecule has 0 N–H and O–H groups in total. The Morgan fingerprint density at radius 1 is 0.328 bits per heavy atom. The van der Waals surface area contributed by atoms with Crippen molar-refractivity contribution in [1.82, 2.24) is 0 Å². The number of nitrogens with zero attached hydrogens (tertiary/aromatic N) is 1. The van der Waals surface area contributed by atoms with Crippen LogP contribution in [0.3, 0.4) is 0 Å². The Labute approximate surface area is 354 Å². The van der Waals surface area contributed by atoms with Gasteiger partial charge in [0.1, 0.15) is 11.2 Å². The van der Waals surface area contributed by atoms with Crippen LogP contribution < -0.4 is 4.90 Å². The Hall–Kier alpha value is -7.94. The van der Waals surface area contributed by atoms with Gasteiger partial charge < -0.3 is 9.32 Å². The summed E-state index contributed by atoms with van der Waals surface area (Å²) in [7, 11) is 0. The minimum absolute atomic E-state index is 0.395. The van der Waals surface area contributed by atoms with Crippen molar-refractivity contribution in [1.29, 1.82) is 0 Å². The number of para-hydroxylation sites is 1. The SMILES string of the molecule is c1ccc(N(c2cccc(-c3ccccc3-c3cccc4c3-c3ccccc3C43c4ccccc4-c4ccccc43)c2)c2ccc3oc4ccc5ccccc5c4c3c2)cc1. The van der Waals surface area contributed by atoms with Crippen molar-refractivity contribution in [2.24, 2.45) is 0 Å². The Kier molecular flexibility index (Phi) is 7.26. The molecule has 1 aromatic heterocycles. The van der Waals surface area contributed by atoms with Crippen LogP contribution in [0.15, 0.2) is 229 Å². The molecule has 11 aromatic rings. The van der Waals surface area contributed by atoms with Crippen LogP contribution in [-0.2, 0) is 5.41 Å². The molecular formula is C59H37NO. The van der Waals surface area contributed by atoms with Gasteiger partial charge in [0.2, 0.25) is 0 Å². The second-order valence-corrected chi connectivity index (χ2v) is 16.3. The molecule has 2 heteroatoms. The normalized spacial score (nSPS) is 13.0. The Morgan fingerprint density at radius 2 is 0.885 bits per heavy atom. The number of fused-ring (bicyclic) bond motifs is 15. The van der Waals surface area contributed by atoms with Gasteiger partial charge in [-0.25, -0.2) is 0 Å². The summed E-state index contributed by atoms with van der Waals surface area (Å²) in [6.07, 6.45) is 0. The van der Waals surface area contributed by atoms with Gasteiger partial charge in [0.15, 0.2) is 0 Å². The van der Waals surface area contributed by atoms with Crippen molar-refractivity contribution in [3.05, 3.63) is 247 Å². The lowest BCUT2D eigenvalue weighted by atomic mass is 9.70. The van der Waals surface area contributed by atoms with Crippen LogP contribution in [0, 0.1) is 0 Å². The van der Waals surface area contributed by atoms with E-state index in [0.29, 0.717) is 0 Å². The maximum atomic E-state index is 6.44. The van der Waals surface area contributed by atoms with Crippen LogP contribution in [0.5, 0.6) is 0 Å². The molecule has 0 bridgehead atoms. The smallest absolute Gasteiger partial charge is 0.136 e. The lowest BCUT2D eigenvalue weighted by molar-refractivity contribution is 0.669. The second-order valence-electron chi connectivity index (χ2n) is 16.3. The summed E-state index contributed by atoms with van der Waals surface area (Å²) in [5.74, 6) is 0. The number of furan rings is 1. The fraction of sp³-hybridized carbons (Fsp3) is 0.0169. The summed E-state index contributed by atoms with van der Waals surface area (Å²) < 4.78 is 6.44. The molecule has 1 spiro atoms. The molecule has 0 fully saturated rings. The number of benzene rings is 10. The van der Waals surface area contributed by atoms with Crippen molar-refractivity contribution < 1.29 is 4.42 Å². The minimum Gasteiger partial charge on any atom is -0.456 e. The molecule has 0 unspecified atom stereocenters. The zero-order valence-corrected chi connectivity index (χ0v) is 33.2. The van der Waals surface area contributed by atoms with E-state index in [-0.39, 0.29) is 0 Å². The van der Waals surface area contributed by atoms with Gasteiger partial charge >= 0.3 is 0 Å². The third-order valence-electron chi connectivity index (χ3n) is 13.3. The maximum Gasteiger partial charge on any atom is 0.136 e. The minimum atomic E-state index is -0.395. The summed E-state index contributed by atoms with van der Waals surface area (Å²) in [4.78, 5) is 2.37. The molecule has 0 aliphatic heterocycles. The average Bonchev–Trinajstić information content (AvgIpc) is 3.96. The third kappa shape index (κ3) is 4.79. The first kappa shape index (κ1) is 34.0. The topological polar surface area (TPSA) is 16.4 Å². The fourth-order valence-corrected chi connectivity index (χ4v) is 10.8. The zero-order valence-electron chi connectivity index (χ0n) is 33.2. The zero-order chi connectivity index (χ0) is 40.1. The highest BCUT2D eigenvalue weighted by molar-refractivity contribution is 6.19. The van der Waals surface area contributed by atoms with Crippen LogP contribution in [0.25, 0.3) is 77.2 Å². The van der Waals surface area contributed by atoms with Crippen molar-refractivity contribution >= 4 is 49.8 Å². The molecule has 1 heterocycles. The molecule has 61 heavy (non-hydrogen) atoms. The summed E-state index contributed by atoms with van der Waals surface area (Å²) >= 11 is 0. The summed E-state index contributed by atoms with van der Waals surface area (Å²) in [6.45, 7) is 0. The van der Waals surface area contributed by atoms with Crippen LogP contribution in [-0.4, -0.2) is 0 Å². The molecule has 0 amide bonds. The van der Waals surface area contributed by atoms with Crippen molar-refractivity contribution in [2.75, 3.05) is 4.90 Å². The Balaban J connectivity index is 0.995. The van der Waals surface area contributed by atoms with E-state index in [9.17, 15) is 0 Å². The molecule has 0 saturated heterocycles. The number of anilines is 3. The maximum absolute atomic E-state index is 6.44. The van der Waals surface area contributed by atoms with E-state index < -0.39 is 5.41 Å². The van der Waals surface area contributed by atoms with Crippen molar-refractivity contribution in [2.45, 2.75) is 5.41 Å². The van der Waals surface area contributed by atoms with Gasteiger partial charge in [-0.1, -0.05) is 176 Å². The van der Waals surface area contributed by atoms with Crippen molar-refractivity contribution in [3.63, 3.8) is 0 Å². The van der Waals surface area contributed by atoms with Gasteiger partial charge in [-0.3, -0.25) is 0 Å². The van der Waals surface area contributed by atoms with E-state index in [2.05, 4.69) is 229 Å². The quantitative estimate of drug-likeness (QED) is 0.173. The summed E-state index contributed by atoms with van der Waals surface area (Å²) in [6, 6.07) is 82.2. The summed E-state index contributed by atoms with van der Waals surface area (Å²) in [5, 5.41) is 4.65. The molecule has 0 atom stereocenters. The molecule has 2 aliphatic carbocycles. The van der Waals surface area contributed by atoms with E-state index in [1.807, 2.05) is 0 Å².